The molecule has 15 heavy (non-hydrogen) atoms. The second-order valence-corrected chi connectivity index (χ2v) is 3.75. The summed E-state index contributed by atoms with van der Waals surface area (Å²) in [5.41, 5.74) is 0. The van der Waals surface area contributed by atoms with Crippen molar-refractivity contribution in [1.29, 1.82) is 0 Å². The van der Waals surface area contributed by atoms with Crippen molar-refractivity contribution in [2.24, 2.45) is 0 Å². The van der Waals surface area contributed by atoms with Crippen molar-refractivity contribution in [3.63, 3.8) is 0 Å². The van der Waals surface area contributed by atoms with E-state index in [0.717, 1.165) is 5.30 Å². The van der Waals surface area contributed by atoms with Crippen LogP contribution in [0.25, 0.3) is 0 Å². The maximum atomic E-state index is 10.1. The fourth-order valence-corrected chi connectivity index (χ4v) is 1.45. The summed E-state index contributed by atoms with van der Waals surface area (Å²) in [5, 5.41) is 0.826. The van der Waals surface area contributed by atoms with Crippen LogP contribution in [0.3, 0.4) is 0 Å². The van der Waals surface area contributed by atoms with Crippen molar-refractivity contribution in [2.45, 2.75) is 20.8 Å². The third kappa shape index (κ3) is 7.24. The van der Waals surface area contributed by atoms with E-state index in [-0.39, 0.29) is 8.46 Å². The molecular formula is C12H20NOP. The topological polar surface area (TPSA) is 20.3 Å². The molecule has 0 unspecified atom stereocenters. The molecule has 0 aliphatic heterocycles. The number of nitrogens with zero attached hydrogens (tertiary/aromatic N) is 1. The second kappa shape index (κ2) is 9.82. The van der Waals surface area contributed by atoms with Gasteiger partial charge in [-0.15, -0.1) is 0 Å². The van der Waals surface area contributed by atoms with E-state index in [2.05, 4.69) is 25.7 Å². The molecule has 0 atom stereocenters. The van der Waals surface area contributed by atoms with Crippen molar-refractivity contribution in [1.82, 2.24) is 4.90 Å². The molecule has 1 aromatic rings. The minimum atomic E-state index is 0.0994. The Labute approximate surface area is 94.5 Å². The standard InChI is InChI=1S/C6H15N.C6H5OP/c1-4-7(5-2)6-3;7-8-6-4-2-1-3-5-6/h4-6H2,1-3H3;1-5H. The zero-order valence-corrected chi connectivity index (χ0v) is 10.7. The molecule has 0 heterocycles. The minimum absolute atomic E-state index is 0.0994. The van der Waals surface area contributed by atoms with E-state index in [1.54, 1.807) is 0 Å². The van der Waals surface area contributed by atoms with Gasteiger partial charge in [0.15, 0.2) is 8.46 Å². The first-order valence-corrected chi connectivity index (χ1v) is 6.20. The molecule has 0 aliphatic rings. The first-order chi connectivity index (χ1) is 7.28. The summed E-state index contributed by atoms with van der Waals surface area (Å²) in [4.78, 5) is 2.38. The van der Waals surface area contributed by atoms with Crippen LogP contribution in [0.5, 0.6) is 0 Å². The Kier molecular flexibility index (Phi) is 9.35. The predicted octanol–water partition coefficient (Wildman–Crippen LogP) is 2.95. The van der Waals surface area contributed by atoms with Gasteiger partial charge < -0.3 is 4.90 Å². The van der Waals surface area contributed by atoms with Gasteiger partial charge in [-0.25, -0.2) is 0 Å². The van der Waals surface area contributed by atoms with Gasteiger partial charge in [-0.3, -0.25) is 4.57 Å². The molecular weight excluding hydrogens is 205 g/mol. The van der Waals surface area contributed by atoms with Gasteiger partial charge in [-0.05, 0) is 31.8 Å². The molecule has 0 aliphatic carbocycles. The summed E-state index contributed by atoms with van der Waals surface area (Å²) >= 11 is 0. The van der Waals surface area contributed by atoms with Crippen LogP contribution in [0.4, 0.5) is 0 Å². The molecule has 0 amide bonds. The summed E-state index contributed by atoms with van der Waals surface area (Å²) in [6.07, 6.45) is 0. The average Bonchev–Trinajstić information content (AvgIpc) is 2.33. The molecule has 0 saturated carbocycles. The molecule has 0 bridgehead atoms. The molecule has 0 N–H and O–H groups in total. The highest BCUT2D eigenvalue weighted by Gasteiger charge is 1.89. The third-order valence-corrected chi connectivity index (χ3v) is 2.71. The molecule has 2 nitrogen and oxygen atoms in total. The highest BCUT2D eigenvalue weighted by molar-refractivity contribution is 7.34. The fourth-order valence-electron chi connectivity index (χ4n) is 1.16. The lowest BCUT2D eigenvalue weighted by Crippen LogP contribution is -2.21. The number of hydrogen-bond acceptors (Lipinski definition) is 2. The number of rotatable bonds is 4. The maximum Gasteiger partial charge on any atom is 0.192 e. The number of benzene rings is 1. The fraction of sp³-hybridized carbons (Fsp3) is 0.500. The molecule has 0 spiro atoms. The summed E-state index contributed by atoms with van der Waals surface area (Å²) < 4.78 is 10.1. The zero-order chi connectivity index (χ0) is 11.5. The summed E-state index contributed by atoms with van der Waals surface area (Å²) in [5.74, 6) is 0. The van der Waals surface area contributed by atoms with Crippen LogP contribution in [0.15, 0.2) is 30.3 Å². The van der Waals surface area contributed by atoms with Gasteiger partial charge in [0.25, 0.3) is 0 Å². The number of hydrogen-bond donors (Lipinski definition) is 0. The largest absolute Gasteiger partial charge is 0.304 e. The van der Waals surface area contributed by atoms with Crippen LogP contribution in [0, 0.1) is 0 Å². The lowest BCUT2D eigenvalue weighted by Gasteiger charge is -2.13. The summed E-state index contributed by atoms with van der Waals surface area (Å²) in [6.45, 7) is 10.1. The van der Waals surface area contributed by atoms with Crippen molar-refractivity contribution < 1.29 is 4.57 Å². The lowest BCUT2D eigenvalue weighted by atomic mass is 10.4. The molecule has 1 aromatic carbocycles. The Bertz CT molecular complexity index is 242. The highest BCUT2D eigenvalue weighted by Crippen LogP contribution is 1.92. The van der Waals surface area contributed by atoms with E-state index in [0.29, 0.717) is 0 Å². The molecule has 0 fully saturated rings. The molecule has 0 radical (unpaired) electrons. The van der Waals surface area contributed by atoms with Gasteiger partial charge in [-0.1, -0.05) is 39.0 Å². The van der Waals surface area contributed by atoms with Crippen LogP contribution in [-0.4, -0.2) is 24.5 Å². The van der Waals surface area contributed by atoms with Crippen LogP contribution in [0.1, 0.15) is 20.8 Å². The Hall–Kier alpha value is -0.720. The van der Waals surface area contributed by atoms with Gasteiger partial charge in [0, 0.05) is 5.30 Å². The molecule has 0 aromatic heterocycles. The quantitative estimate of drug-likeness (QED) is 0.734. The SMILES string of the molecule is CCN(CC)CC.O=Pc1ccccc1. The summed E-state index contributed by atoms with van der Waals surface area (Å²) in [6, 6.07) is 9.25. The predicted molar refractivity (Wildman–Crippen MR) is 67.1 cm³/mol. The maximum absolute atomic E-state index is 10.1. The molecule has 3 heteroatoms. The minimum Gasteiger partial charge on any atom is -0.304 e. The monoisotopic (exact) mass is 225 g/mol. The molecule has 84 valence electrons. The van der Waals surface area contributed by atoms with Crippen LogP contribution < -0.4 is 5.30 Å². The smallest absolute Gasteiger partial charge is 0.192 e. The van der Waals surface area contributed by atoms with Crippen molar-refractivity contribution >= 4 is 13.8 Å². The first kappa shape index (κ1) is 14.3. The van der Waals surface area contributed by atoms with Crippen molar-refractivity contribution in [2.75, 3.05) is 19.6 Å². The normalized spacial score (nSPS) is 9.87. The molecule has 1 rings (SSSR count). The van der Waals surface area contributed by atoms with Gasteiger partial charge in [0.2, 0.25) is 0 Å². The van der Waals surface area contributed by atoms with Crippen LogP contribution >= 0.6 is 8.46 Å². The van der Waals surface area contributed by atoms with E-state index >= 15 is 0 Å². The second-order valence-electron chi connectivity index (χ2n) is 3.05. The van der Waals surface area contributed by atoms with E-state index in [9.17, 15) is 4.57 Å². The van der Waals surface area contributed by atoms with Gasteiger partial charge in [-0.2, -0.15) is 0 Å². The first-order valence-electron chi connectivity index (χ1n) is 5.39. The third-order valence-electron chi connectivity index (χ3n) is 2.20. The van der Waals surface area contributed by atoms with E-state index in [1.807, 2.05) is 30.3 Å². The van der Waals surface area contributed by atoms with E-state index in [1.165, 1.54) is 19.6 Å². The highest BCUT2D eigenvalue weighted by atomic mass is 31.1. The van der Waals surface area contributed by atoms with Gasteiger partial charge in [0.05, 0.1) is 0 Å². The van der Waals surface area contributed by atoms with Crippen molar-refractivity contribution in [3.05, 3.63) is 30.3 Å². The van der Waals surface area contributed by atoms with E-state index < -0.39 is 0 Å². The average molecular weight is 225 g/mol. The van der Waals surface area contributed by atoms with Gasteiger partial charge in [0.1, 0.15) is 0 Å². The Morgan fingerprint density at radius 2 is 1.47 bits per heavy atom. The Morgan fingerprint density at radius 1 is 1.00 bits per heavy atom. The van der Waals surface area contributed by atoms with Crippen LogP contribution in [-0.2, 0) is 4.57 Å². The van der Waals surface area contributed by atoms with Gasteiger partial charge >= 0.3 is 0 Å². The van der Waals surface area contributed by atoms with E-state index in [4.69, 9.17) is 0 Å². The summed E-state index contributed by atoms with van der Waals surface area (Å²) in [7, 11) is 0.0994. The zero-order valence-electron chi connectivity index (χ0n) is 9.81. The Morgan fingerprint density at radius 3 is 1.67 bits per heavy atom. The molecule has 0 saturated heterocycles. The Balaban J connectivity index is 0.000000265. The van der Waals surface area contributed by atoms with Crippen molar-refractivity contribution in [3.8, 4) is 0 Å². The lowest BCUT2D eigenvalue weighted by molar-refractivity contribution is 0.321. The van der Waals surface area contributed by atoms with Crippen LogP contribution in [0.2, 0.25) is 0 Å².